The molecule has 1 heterocycles. The van der Waals surface area contributed by atoms with Crippen LogP contribution in [0, 0.1) is 0 Å². The quantitative estimate of drug-likeness (QED) is 0.722. The van der Waals surface area contributed by atoms with Crippen LogP contribution in [0.2, 0.25) is 0 Å². The highest BCUT2D eigenvalue weighted by Crippen LogP contribution is 1.86. The summed E-state index contributed by atoms with van der Waals surface area (Å²) in [6.07, 6.45) is 5.11. The molecule has 0 aliphatic carbocycles. The molecule has 0 radical (unpaired) electrons. The maximum absolute atomic E-state index is 11.0. The number of nitrogens with one attached hydrogen (secondary N) is 1. The Morgan fingerprint density at radius 3 is 2.85 bits per heavy atom. The maximum atomic E-state index is 11.0. The van der Waals surface area contributed by atoms with Crippen molar-refractivity contribution in [2.45, 2.75) is 13.5 Å². The van der Waals surface area contributed by atoms with E-state index in [0.29, 0.717) is 13.1 Å². The minimum Gasteiger partial charge on any atom is -0.336 e. The maximum Gasteiger partial charge on any atom is 0.211 e. The lowest BCUT2D eigenvalue weighted by atomic mass is 10.6. The fourth-order valence-corrected chi connectivity index (χ4v) is 1.46. The van der Waals surface area contributed by atoms with Gasteiger partial charge < -0.3 is 4.57 Å². The third kappa shape index (κ3) is 3.56. The van der Waals surface area contributed by atoms with Crippen LogP contribution in [0.5, 0.6) is 0 Å². The van der Waals surface area contributed by atoms with Crippen LogP contribution in [0.4, 0.5) is 0 Å². The van der Waals surface area contributed by atoms with Gasteiger partial charge in [-0.05, 0) is 6.92 Å². The average Bonchev–Trinajstić information content (AvgIpc) is 2.57. The van der Waals surface area contributed by atoms with Crippen molar-refractivity contribution in [1.29, 1.82) is 0 Å². The van der Waals surface area contributed by atoms with Gasteiger partial charge in [-0.3, -0.25) is 0 Å². The largest absolute Gasteiger partial charge is 0.336 e. The summed E-state index contributed by atoms with van der Waals surface area (Å²) in [5.74, 6) is 0.122. The van der Waals surface area contributed by atoms with Gasteiger partial charge in [-0.2, -0.15) is 0 Å². The van der Waals surface area contributed by atoms with Crippen LogP contribution in [0.3, 0.4) is 0 Å². The zero-order valence-electron chi connectivity index (χ0n) is 7.47. The van der Waals surface area contributed by atoms with Crippen molar-refractivity contribution in [2.75, 3.05) is 12.3 Å². The first-order chi connectivity index (χ1) is 6.14. The van der Waals surface area contributed by atoms with E-state index in [0.717, 1.165) is 0 Å². The van der Waals surface area contributed by atoms with E-state index in [1.54, 1.807) is 25.6 Å². The first kappa shape index (κ1) is 10.2. The third-order valence-corrected chi connectivity index (χ3v) is 3.04. The minimum atomic E-state index is -3.06. The van der Waals surface area contributed by atoms with E-state index in [1.807, 2.05) is 4.57 Å². The fraction of sp³-hybridized carbons (Fsp3) is 0.571. The van der Waals surface area contributed by atoms with Crippen molar-refractivity contribution < 1.29 is 8.42 Å². The normalized spacial score (nSPS) is 11.8. The Morgan fingerprint density at radius 1 is 1.54 bits per heavy atom. The van der Waals surface area contributed by atoms with Crippen LogP contribution in [0.25, 0.3) is 0 Å². The monoisotopic (exact) mass is 203 g/mol. The van der Waals surface area contributed by atoms with E-state index in [1.165, 1.54) is 0 Å². The van der Waals surface area contributed by atoms with E-state index in [4.69, 9.17) is 0 Å². The zero-order chi connectivity index (χ0) is 9.73. The predicted molar refractivity (Wildman–Crippen MR) is 49.7 cm³/mol. The Kier molecular flexibility index (Phi) is 3.44. The number of hydrogen-bond donors (Lipinski definition) is 1. The van der Waals surface area contributed by atoms with E-state index in [-0.39, 0.29) is 5.75 Å². The SMILES string of the molecule is CCS(=O)(=O)NCCn1ccnc1. The summed E-state index contributed by atoms with van der Waals surface area (Å²) in [7, 11) is -3.06. The molecule has 0 atom stereocenters. The Balaban J connectivity index is 2.30. The Hall–Kier alpha value is -0.880. The lowest BCUT2D eigenvalue weighted by molar-refractivity contribution is 0.574. The van der Waals surface area contributed by atoms with Crippen LogP contribution < -0.4 is 4.72 Å². The standard InChI is InChI=1S/C7H13N3O2S/c1-2-13(11,12)9-4-6-10-5-3-8-7-10/h3,5,7,9H,2,4,6H2,1H3. The van der Waals surface area contributed by atoms with Gasteiger partial charge in [0.05, 0.1) is 12.1 Å². The Bertz CT molecular complexity index is 331. The molecule has 1 aromatic heterocycles. The lowest BCUT2D eigenvalue weighted by Gasteiger charge is -2.04. The molecule has 6 heteroatoms. The van der Waals surface area contributed by atoms with Crippen molar-refractivity contribution >= 4 is 10.0 Å². The van der Waals surface area contributed by atoms with Gasteiger partial charge in [0.1, 0.15) is 0 Å². The van der Waals surface area contributed by atoms with Crippen LogP contribution in [-0.4, -0.2) is 30.3 Å². The predicted octanol–water partition coefficient (Wildman–Crippen LogP) is -0.178. The van der Waals surface area contributed by atoms with Gasteiger partial charge in [0, 0.05) is 25.5 Å². The van der Waals surface area contributed by atoms with Crippen LogP contribution in [-0.2, 0) is 16.6 Å². The van der Waals surface area contributed by atoms with Gasteiger partial charge in [-0.15, -0.1) is 0 Å². The number of imidazole rings is 1. The first-order valence-corrected chi connectivity index (χ1v) is 5.72. The van der Waals surface area contributed by atoms with E-state index < -0.39 is 10.0 Å². The lowest BCUT2D eigenvalue weighted by Crippen LogP contribution is -2.28. The van der Waals surface area contributed by atoms with Gasteiger partial charge in [-0.25, -0.2) is 18.1 Å². The molecule has 0 saturated carbocycles. The molecule has 0 spiro atoms. The number of rotatable bonds is 5. The average molecular weight is 203 g/mol. The van der Waals surface area contributed by atoms with E-state index in [2.05, 4.69) is 9.71 Å². The summed E-state index contributed by atoms with van der Waals surface area (Å²) in [5.41, 5.74) is 0. The van der Waals surface area contributed by atoms with Gasteiger partial charge >= 0.3 is 0 Å². The van der Waals surface area contributed by atoms with Gasteiger partial charge in [-0.1, -0.05) is 0 Å². The van der Waals surface area contributed by atoms with E-state index >= 15 is 0 Å². The van der Waals surface area contributed by atoms with Gasteiger partial charge in [0.15, 0.2) is 0 Å². The zero-order valence-corrected chi connectivity index (χ0v) is 8.29. The number of hydrogen-bond acceptors (Lipinski definition) is 3. The highest BCUT2D eigenvalue weighted by molar-refractivity contribution is 7.89. The Morgan fingerprint density at radius 2 is 2.31 bits per heavy atom. The summed E-state index contributed by atoms with van der Waals surface area (Å²) in [5, 5.41) is 0. The fourth-order valence-electron chi connectivity index (χ4n) is 0.851. The smallest absolute Gasteiger partial charge is 0.211 e. The van der Waals surface area contributed by atoms with Crippen LogP contribution in [0.15, 0.2) is 18.7 Å². The number of aromatic nitrogens is 2. The molecule has 0 aliphatic heterocycles. The molecule has 0 unspecified atom stereocenters. The van der Waals surface area contributed by atoms with Crippen molar-refractivity contribution in [2.24, 2.45) is 0 Å². The molecular formula is C7H13N3O2S. The first-order valence-electron chi connectivity index (χ1n) is 4.07. The topological polar surface area (TPSA) is 64.0 Å². The minimum absolute atomic E-state index is 0.122. The molecule has 1 aromatic rings. The molecule has 1 rings (SSSR count). The van der Waals surface area contributed by atoms with E-state index in [9.17, 15) is 8.42 Å². The molecule has 5 nitrogen and oxygen atoms in total. The molecular weight excluding hydrogens is 190 g/mol. The highest BCUT2D eigenvalue weighted by atomic mass is 32.2. The second-order valence-electron chi connectivity index (χ2n) is 2.60. The number of nitrogens with zero attached hydrogens (tertiary/aromatic N) is 2. The summed E-state index contributed by atoms with van der Waals surface area (Å²) in [4.78, 5) is 3.84. The molecule has 1 N–H and O–H groups in total. The molecule has 0 aromatic carbocycles. The molecule has 0 bridgehead atoms. The van der Waals surface area contributed by atoms with Crippen LogP contribution in [0.1, 0.15) is 6.92 Å². The summed E-state index contributed by atoms with van der Waals surface area (Å²) < 4.78 is 26.3. The second kappa shape index (κ2) is 4.38. The van der Waals surface area contributed by atoms with Gasteiger partial charge in [0.2, 0.25) is 10.0 Å². The van der Waals surface area contributed by atoms with Crippen molar-refractivity contribution in [1.82, 2.24) is 14.3 Å². The van der Waals surface area contributed by atoms with Crippen molar-refractivity contribution in [3.05, 3.63) is 18.7 Å². The Labute approximate surface area is 77.8 Å². The molecule has 0 amide bonds. The van der Waals surface area contributed by atoms with Crippen molar-refractivity contribution in [3.8, 4) is 0 Å². The van der Waals surface area contributed by atoms with Crippen molar-refractivity contribution in [3.63, 3.8) is 0 Å². The highest BCUT2D eigenvalue weighted by Gasteiger charge is 2.03. The van der Waals surface area contributed by atoms with Crippen LogP contribution >= 0.6 is 0 Å². The number of sulfonamides is 1. The summed E-state index contributed by atoms with van der Waals surface area (Å²) in [6.45, 7) is 2.63. The molecule has 74 valence electrons. The molecule has 0 saturated heterocycles. The summed E-state index contributed by atoms with van der Waals surface area (Å²) >= 11 is 0. The molecule has 0 aliphatic rings. The summed E-state index contributed by atoms with van der Waals surface area (Å²) in [6, 6.07) is 0. The van der Waals surface area contributed by atoms with Gasteiger partial charge in [0.25, 0.3) is 0 Å². The second-order valence-corrected chi connectivity index (χ2v) is 4.69. The third-order valence-electron chi connectivity index (χ3n) is 1.63. The molecule has 13 heavy (non-hydrogen) atoms. The molecule has 0 fully saturated rings.